The average Bonchev–Trinajstić information content (AvgIpc) is 2.31. The normalized spacial score (nSPS) is 14.5. The minimum atomic E-state index is -1.02. The van der Waals surface area contributed by atoms with Gasteiger partial charge in [-0.25, -0.2) is 4.39 Å². The summed E-state index contributed by atoms with van der Waals surface area (Å²) in [6.07, 6.45) is 1.53. The Balaban J connectivity index is 2.81. The average molecular weight is 276 g/mol. The number of halogens is 2. The Morgan fingerprint density at radius 3 is 2.78 bits per heavy atom. The lowest BCUT2D eigenvalue weighted by atomic mass is 9.90. The van der Waals surface area contributed by atoms with Crippen molar-refractivity contribution >= 4 is 11.6 Å². The largest absolute Gasteiger partial charge is 0.387 e. The fraction of sp³-hybridized carbons (Fsp3) is 0.538. The Labute approximate surface area is 112 Å². The van der Waals surface area contributed by atoms with Crippen LogP contribution in [-0.2, 0) is 11.2 Å². The number of hydrogen-bond donors (Lipinski definition) is 2. The number of aliphatic hydroxyl groups is 1. The zero-order valence-electron chi connectivity index (χ0n) is 10.5. The second kappa shape index (κ2) is 7.04. The number of rotatable bonds is 7. The van der Waals surface area contributed by atoms with E-state index in [9.17, 15) is 9.50 Å². The Kier molecular flexibility index (Phi) is 6.02. The summed E-state index contributed by atoms with van der Waals surface area (Å²) in [5.41, 5.74) is 5.13. The van der Waals surface area contributed by atoms with Crippen molar-refractivity contribution in [1.82, 2.24) is 0 Å². The fourth-order valence-electron chi connectivity index (χ4n) is 1.93. The molecule has 0 radical (unpaired) electrons. The predicted molar refractivity (Wildman–Crippen MR) is 70.2 cm³/mol. The van der Waals surface area contributed by atoms with Gasteiger partial charge in [-0.1, -0.05) is 17.7 Å². The maximum absolute atomic E-state index is 12.9. The summed E-state index contributed by atoms with van der Waals surface area (Å²) < 4.78 is 18.0. The van der Waals surface area contributed by atoms with Crippen molar-refractivity contribution in [3.8, 4) is 0 Å². The van der Waals surface area contributed by atoms with Crippen LogP contribution >= 0.6 is 11.6 Å². The third-order valence-electron chi connectivity index (χ3n) is 2.79. The van der Waals surface area contributed by atoms with E-state index in [2.05, 4.69) is 0 Å². The predicted octanol–water partition coefficient (Wildman–Crippen LogP) is 2.14. The van der Waals surface area contributed by atoms with Crippen LogP contribution in [0.3, 0.4) is 0 Å². The van der Waals surface area contributed by atoms with E-state index < -0.39 is 5.60 Å². The van der Waals surface area contributed by atoms with E-state index in [4.69, 9.17) is 22.1 Å². The Hall–Kier alpha value is -0.680. The third-order valence-corrected chi connectivity index (χ3v) is 3.15. The van der Waals surface area contributed by atoms with E-state index in [0.717, 1.165) is 0 Å². The minimum Gasteiger partial charge on any atom is -0.387 e. The second-order valence-electron chi connectivity index (χ2n) is 4.46. The lowest BCUT2D eigenvalue weighted by molar-refractivity contribution is -0.0375. The van der Waals surface area contributed by atoms with E-state index in [1.807, 2.05) is 0 Å². The van der Waals surface area contributed by atoms with Crippen molar-refractivity contribution in [2.45, 2.75) is 24.9 Å². The van der Waals surface area contributed by atoms with Crippen molar-refractivity contribution in [2.24, 2.45) is 5.73 Å². The van der Waals surface area contributed by atoms with Crippen LogP contribution in [0.2, 0.25) is 5.02 Å². The van der Waals surface area contributed by atoms with E-state index in [0.29, 0.717) is 36.4 Å². The van der Waals surface area contributed by atoms with E-state index in [-0.39, 0.29) is 12.4 Å². The van der Waals surface area contributed by atoms with Crippen LogP contribution in [0.1, 0.15) is 18.4 Å². The van der Waals surface area contributed by atoms with Crippen molar-refractivity contribution in [1.29, 1.82) is 0 Å². The summed E-state index contributed by atoms with van der Waals surface area (Å²) in [7, 11) is 1.53. The first kappa shape index (κ1) is 15.4. The summed E-state index contributed by atoms with van der Waals surface area (Å²) in [4.78, 5) is 0. The van der Waals surface area contributed by atoms with Crippen molar-refractivity contribution in [2.75, 3.05) is 20.3 Å². The molecule has 0 aliphatic heterocycles. The lowest BCUT2D eigenvalue weighted by Gasteiger charge is -2.27. The SMILES string of the molecule is COCC(O)(CCCN)Cc1ccc(F)cc1Cl. The first-order chi connectivity index (χ1) is 8.50. The maximum atomic E-state index is 12.9. The molecule has 0 aliphatic carbocycles. The molecule has 0 saturated heterocycles. The molecule has 0 spiro atoms. The molecule has 1 aromatic rings. The van der Waals surface area contributed by atoms with E-state index in [1.54, 1.807) is 6.07 Å². The zero-order valence-corrected chi connectivity index (χ0v) is 11.2. The highest BCUT2D eigenvalue weighted by Gasteiger charge is 2.27. The molecule has 0 heterocycles. The molecule has 0 fully saturated rings. The molecule has 0 bridgehead atoms. The van der Waals surface area contributed by atoms with E-state index >= 15 is 0 Å². The molecule has 3 nitrogen and oxygen atoms in total. The smallest absolute Gasteiger partial charge is 0.124 e. The van der Waals surface area contributed by atoms with Crippen molar-refractivity contribution in [3.05, 3.63) is 34.6 Å². The molecule has 102 valence electrons. The van der Waals surface area contributed by atoms with Gasteiger partial charge in [0.05, 0.1) is 12.2 Å². The van der Waals surface area contributed by atoms with Gasteiger partial charge >= 0.3 is 0 Å². The summed E-state index contributed by atoms with van der Waals surface area (Å²) >= 11 is 5.95. The Bertz CT molecular complexity index is 389. The number of benzene rings is 1. The lowest BCUT2D eigenvalue weighted by Crippen LogP contribution is -2.37. The van der Waals surface area contributed by atoms with Gasteiger partial charge in [0.1, 0.15) is 5.82 Å². The number of methoxy groups -OCH3 is 1. The minimum absolute atomic E-state index is 0.195. The highest BCUT2D eigenvalue weighted by molar-refractivity contribution is 6.31. The molecule has 0 aromatic heterocycles. The summed E-state index contributed by atoms with van der Waals surface area (Å²) in [5, 5.41) is 10.8. The van der Waals surface area contributed by atoms with Crippen LogP contribution in [0.5, 0.6) is 0 Å². The van der Waals surface area contributed by atoms with Crippen molar-refractivity contribution < 1.29 is 14.2 Å². The van der Waals surface area contributed by atoms with Gasteiger partial charge in [-0.3, -0.25) is 0 Å². The summed E-state index contributed by atoms with van der Waals surface area (Å²) in [5.74, 6) is -0.388. The van der Waals surface area contributed by atoms with Gasteiger partial charge in [-0.05, 0) is 37.1 Å². The summed E-state index contributed by atoms with van der Waals surface area (Å²) in [6.45, 7) is 0.698. The Morgan fingerprint density at radius 2 is 2.22 bits per heavy atom. The van der Waals surface area contributed by atoms with Gasteiger partial charge in [0.25, 0.3) is 0 Å². The summed E-state index contributed by atoms with van der Waals surface area (Å²) in [6, 6.07) is 4.16. The van der Waals surface area contributed by atoms with Gasteiger partial charge in [0.15, 0.2) is 0 Å². The molecule has 5 heteroatoms. The standard InChI is InChI=1S/C13H19ClFNO2/c1-18-9-13(17,5-2-6-16)8-10-3-4-11(15)7-12(10)14/h3-4,7,17H,2,5-6,8-9,16H2,1H3. The monoisotopic (exact) mass is 275 g/mol. The van der Waals surface area contributed by atoms with Crippen LogP contribution in [0.25, 0.3) is 0 Å². The molecule has 0 saturated carbocycles. The van der Waals surface area contributed by atoms with Gasteiger partial charge in [-0.15, -0.1) is 0 Å². The molecular formula is C13H19ClFNO2. The van der Waals surface area contributed by atoms with E-state index in [1.165, 1.54) is 19.2 Å². The number of ether oxygens (including phenoxy) is 1. The molecule has 3 N–H and O–H groups in total. The van der Waals surface area contributed by atoms with Crippen LogP contribution in [0, 0.1) is 5.82 Å². The molecule has 18 heavy (non-hydrogen) atoms. The van der Waals surface area contributed by atoms with Gasteiger partial charge in [0, 0.05) is 18.6 Å². The topological polar surface area (TPSA) is 55.5 Å². The molecule has 0 aliphatic rings. The quantitative estimate of drug-likeness (QED) is 0.802. The van der Waals surface area contributed by atoms with Gasteiger partial charge < -0.3 is 15.6 Å². The van der Waals surface area contributed by atoms with Crippen LogP contribution < -0.4 is 5.73 Å². The van der Waals surface area contributed by atoms with Gasteiger partial charge in [-0.2, -0.15) is 0 Å². The van der Waals surface area contributed by atoms with Crippen LogP contribution in [0.15, 0.2) is 18.2 Å². The molecule has 1 rings (SSSR count). The molecule has 1 unspecified atom stereocenters. The highest BCUT2D eigenvalue weighted by Crippen LogP contribution is 2.25. The fourth-order valence-corrected chi connectivity index (χ4v) is 2.16. The third kappa shape index (κ3) is 4.53. The van der Waals surface area contributed by atoms with Crippen LogP contribution in [0.4, 0.5) is 4.39 Å². The zero-order chi connectivity index (χ0) is 13.6. The first-order valence-electron chi connectivity index (χ1n) is 5.86. The Morgan fingerprint density at radius 1 is 1.50 bits per heavy atom. The number of hydrogen-bond acceptors (Lipinski definition) is 3. The molecule has 0 amide bonds. The van der Waals surface area contributed by atoms with Gasteiger partial charge in [0.2, 0.25) is 0 Å². The molecule has 1 aromatic carbocycles. The van der Waals surface area contributed by atoms with Crippen molar-refractivity contribution in [3.63, 3.8) is 0 Å². The molecular weight excluding hydrogens is 257 g/mol. The maximum Gasteiger partial charge on any atom is 0.124 e. The second-order valence-corrected chi connectivity index (χ2v) is 4.87. The highest BCUT2D eigenvalue weighted by atomic mass is 35.5. The molecule has 1 atom stereocenters. The van der Waals surface area contributed by atoms with Crippen LogP contribution in [-0.4, -0.2) is 31.0 Å². The first-order valence-corrected chi connectivity index (χ1v) is 6.24. The number of nitrogens with two attached hydrogens (primary N) is 1.